The summed E-state index contributed by atoms with van der Waals surface area (Å²) in [5.41, 5.74) is 8.04. The van der Waals surface area contributed by atoms with Crippen molar-refractivity contribution in [3.8, 4) is 11.4 Å². The second-order valence-corrected chi connectivity index (χ2v) is 7.10. The molecule has 2 saturated carbocycles. The van der Waals surface area contributed by atoms with Crippen LogP contribution in [0.4, 0.5) is 5.69 Å². The van der Waals surface area contributed by atoms with Gasteiger partial charge in [0.15, 0.2) is 5.82 Å². The third-order valence-corrected chi connectivity index (χ3v) is 5.60. The lowest BCUT2D eigenvalue weighted by atomic mass is 9.65. The fraction of sp³-hybridized carbons (Fsp3) is 0.500. The predicted molar refractivity (Wildman–Crippen MR) is 99.2 cm³/mol. The van der Waals surface area contributed by atoms with Gasteiger partial charge < -0.3 is 11.1 Å². The number of amides is 1. The van der Waals surface area contributed by atoms with E-state index >= 15 is 0 Å². The second-order valence-electron chi connectivity index (χ2n) is 7.10. The number of halogens is 1. The van der Waals surface area contributed by atoms with Crippen LogP contribution in [-0.2, 0) is 4.79 Å². The molecule has 2 aliphatic rings. The number of fused-ring (bicyclic) bond motifs is 2. The number of carbonyl (C=O) groups excluding carboxylic acids is 1. The van der Waals surface area contributed by atoms with Crippen molar-refractivity contribution in [2.45, 2.75) is 38.1 Å². The van der Waals surface area contributed by atoms with Gasteiger partial charge in [-0.2, -0.15) is 5.10 Å². The maximum atomic E-state index is 12.7. The minimum Gasteiger partial charge on any atom is -0.327 e. The first-order chi connectivity index (χ1) is 11.7. The molecule has 0 saturated heterocycles. The van der Waals surface area contributed by atoms with Gasteiger partial charge in [0, 0.05) is 23.2 Å². The zero-order valence-electron chi connectivity index (χ0n) is 14.0. The zero-order chi connectivity index (χ0) is 16.5. The molecular formula is C18H24ClN5O. The van der Waals surface area contributed by atoms with Gasteiger partial charge in [0.1, 0.15) is 6.33 Å². The van der Waals surface area contributed by atoms with Crippen molar-refractivity contribution in [3.05, 3.63) is 30.6 Å². The van der Waals surface area contributed by atoms with Crippen LogP contribution >= 0.6 is 12.4 Å². The first-order valence-corrected chi connectivity index (χ1v) is 8.73. The molecule has 134 valence electrons. The highest BCUT2D eigenvalue weighted by Crippen LogP contribution is 2.42. The number of aromatic amines is 1. The van der Waals surface area contributed by atoms with Crippen molar-refractivity contribution in [1.29, 1.82) is 0 Å². The monoisotopic (exact) mass is 361 g/mol. The molecule has 0 radical (unpaired) electrons. The molecule has 2 aromatic rings. The molecular weight excluding hydrogens is 338 g/mol. The SMILES string of the molecule is Cl.NC1C2CCCC1CC(C(=O)Nc1cccc(-c3ncn[nH]3)c1)C2. The van der Waals surface area contributed by atoms with Crippen LogP contribution in [0.1, 0.15) is 32.1 Å². The molecule has 4 N–H and O–H groups in total. The van der Waals surface area contributed by atoms with Crippen molar-refractivity contribution >= 4 is 24.0 Å². The van der Waals surface area contributed by atoms with Crippen LogP contribution in [-0.4, -0.2) is 27.1 Å². The van der Waals surface area contributed by atoms with Crippen LogP contribution in [0.3, 0.4) is 0 Å². The zero-order valence-corrected chi connectivity index (χ0v) is 14.8. The van der Waals surface area contributed by atoms with E-state index in [1.807, 2.05) is 24.3 Å². The fourth-order valence-corrected chi connectivity index (χ4v) is 4.34. The molecule has 25 heavy (non-hydrogen) atoms. The Bertz CT molecular complexity index is 706. The summed E-state index contributed by atoms with van der Waals surface area (Å²) in [6.45, 7) is 0. The van der Waals surface area contributed by atoms with E-state index in [1.54, 1.807) is 0 Å². The Morgan fingerprint density at radius 2 is 2.00 bits per heavy atom. The van der Waals surface area contributed by atoms with E-state index in [0.29, 0.717) is 17.7 Å². The number of carbonyl (C=O) groups is 1. The van der Waals surface area contributed by atoms with Crippen molar-refractivity contribution in [2.75, 3.05) is 5.32 Å². The number of H-pyrrole nitrogens is 1. The van der Waals surface area contributed by atoms with Gasteiger partial charge in [-0.15, -0.1) is 12.4 Å². The first kappa shape index (κ1) is 17.9. The van der Waals surface area contributed by atoms with E-state index in [0.717, 1.165) is 24.1 Å². The van der Waals surface area contributed by atoms with Gasteiger partial charge in [0.25, 0.3) is 0 Å². The molecule has 4 rings (SSSR count). The minimum atomic E-state index is 0. The summed E-state index contributed by atoms with van der Waals surface area (Å²) in [4.78, 5) is 16.9. The summed E-state index contributed by atoms with van der Waals surface area (Å²) in [7, 11) is 0. The number of anilines is 1. The molecule has 2 fully saturated rings. The summed E-state index contributed by atoms with van der Waals surface area (Å²) in [5.74, 6) is 1.91. The van der Waals surface area contributed by atoms with Crippen molar-refractivity contribution < 1.29 is 4.79 Å². The third-order valence-electron chi connectivity index (χ3n) is 5.60. The number of nitrogens with two attached hydrogens (primary N) is 1. The van der Waals surface area contributed by atoms with E-state index in [1.165, 1.54) is 25.6 Å². The highest BCUT2D eigenvalue weighted by atomic mass is 35.5. The van der Waals surface area contributed by atoms with Crippen LogP contribution in [0.2, 0.25) is 0 Å². The molecule has 0 aliphatic heterocycles. The highest BCUT2D eigenvalue weighted by molar-refractivity contribution is 5.93. The molecule has 2 aliphatic carbocycles. The molecule has 1 aromatic carbocycles. The Hall–Kier alpha value is -1.92. The molecule has 2 unspecified atom stereocenters. The number of benzene rings is 1. The van der Waals surface area contributed by atoms with Gasteiger partial charge in [-0.25, -0.2) is 4.98 Å². The Labute approximate surface area is 153 Å². The first-order valence-electron chi connectivity index (χ1n) is 8.73. The summed E-state index contributed by atoms with van der Waals surface area (Å²) in [6, 6.07) is 7.98. The Morgan fingerprint density at radius 1 is 1.24 bits per heavy atom. The van der Waals surface area contributed by atoms with Crippen LogP contribution in [0.5, 0.6) is 0 Å². The number of aromatic nitrogens is 3. The van der Waals surface area contributed by atoms with Crippen LogP contribution in [0.25, 0.3) is 11.4 Å². The summed E-state index contributed by atoms with van der Waals surface area (Å²) in [5, 5.41) is 9.78. The number of hydrogen-bond donors (Lipinski definition) is 3. The number of nitrogens with one attached hydrogen (secondary N) is 2. The number of nitrogens with zero attached hydrogens (tertiary/aromatic N) is 2. The van der Waals surface area contributed by atoms with Gasteiger partial charge in [0.05, 0.1) is 0 Å². The lowest BCUT2D eigenvalue weighted by Crippen LogP contribution is -2.48. The summed E-state index contributed by atoms with van der Waals surface area (Å²) in [6.07, 6.45) is 6.92. The molecule has 6 nitrogen and oxygen atoms in total. The number of hydrogen-bond acceptors (Lipinski definition) is 4. The quantitative estimate of drug-likeness (QED) is 0.782. The maximum absolute atomic E-state index is 12.7. The van der Waals surface area contributed by atoms with Gasteiger partial charge in [-0.05, 0) is 49.7 Å². The van der Waals surface area contributed by atoms with Gasteiger partial charge >= 0.3 is 0 Å². The average molecular weight is 362 g/mol. The van der Waals surface area contributed by atoms with Crippen LogP contribution < -0.4 is 11.1 Å². The topological polar surface area (TPSA) is 96.7 Å². The van der Waals surface area contributed by atoms with E-state index < -0.39 is 0 Å². The second kappa shape index (κ2) is 7.54. The molecule has 1 aromatic heterocycles. The minimum absolute atomic E-state index is 0. The lowest BCUT2D eigenvalue weighted by Gasteiger charge is -2.43. The van der Waals surface area contributed by atoms with Crippen LogP contribution in [0.15, 0.2) is 30.6 Å². The molecule has 7 heteroatoms. The standard InChI is InChI=1S/C18H23N5O.ClH/c19-16-11-3-1-4-12(16)8-14(7-11)18(24)22-15-6-2-5-13(9-15)17-20-10-21-23-17;/h2,5-6,9-12,14,16H,1,3-4,7-8,19H2,(H,22,24)(H,20,21,23);1H. The van der Waals surface area contributed by atoms with Crippen molar-refractivity contribution in [1.82, 2.24) is 15.2 Å². The van der Waals surface area contributed by atoms with Gasteiger partial charge in [-0.3, -0.25) is 9.89 Å². The normalized spacial score (nSPS) is 28.0. The van der Waals surface area contributed by atoms with Gasteiger partial charge in [0.2, 0.25) is 5.91 Å². The summed E-state index contributed by atoms with van der Waals surface area (Å²) >= 11 is 0. The molecule has 1 amide bonds. The average Bonchev–Trinajstić information content (AvgIpc) is 3.09. The smallest absolute Gasteiger partial charge is 0.227 e. The summed E-state index contributed by atoms with van der Waals surface area (Å²) < 4.78 is 0. The Kier molecular flexibility index (Phi) is 5.39. The van der Waals surface area contributed by atoms with Gasteiger partial charge in [-0.1, -0.05) is 18.6 Å². The van der Waals surface area contributed by atoms with Crippen LogP contribution in [0, 0.1) is 17.8 Å². The van der Waals surface area contributed by atoms with Crippen molar-refractivity contribution in [3.63, 3.8) is 0 Å². The number of rotatable bonds is 3. The largest absolute Gasteiger partial charge is 0.327 e. The van der Waals surface area contributed by atoms with Crippen molar-refractivity contribution in [2.24, 2.45) is 23.5 Å². The lowest BCUT2D eigenvalue weighted by molar-refractivity contribution is -0.122. The van der Waals surface area contributed by atoms with E-state index in [9.17, 15) is 4.79 Å². The van der Waals surface area contributed by atoms with E-state index in [4.69, 9.17) is 5.73 Å². The maximum Gasteiger partial charge on any atom is 0.227 e. The predicted octanol–water partition coefficient (Wildman–Crippen LogP) is 2.99. The van der Waals surface area contributed by atoms with E-state index in [-0.39, 0.29) is 30.3 Å². The highest BCUT2D eigenvalue weighted by Gasteiger charge is 2.40. The molecule has 2 bridgehead atoms. The van der Waals surface area contributed by atoms with E-state index in [2.05, 4.69) is 20.5 Å². The Balaban J connectivity index is 0.00000182. The molecule has 2 atom stereocenters. The Morgan fingerprint density at radius 3 is 2.68 bits per heavy atom. The molecule has 0 spiro atoms. The fourth-order valence-electron chi connectivity index (χ4n) is 4.34. The third kappa shape index (κ3) is 3.70. The molecule has 1 heterocycles.